The van der Waals surface area contributed by atoms with E-state index in [0.717, 1.165) is 67.3 Å². The van der Waals surface area contributed by atoms with Gasteiger partial charge in [-0.05, 0) is 57.2 Å². The number of piperidine rings is 1. The number of rotatable bonds is 7. The highest BCUT2D eigenvalue weighted by Gasteiger charge is 2.32. The number of benzene rings is 1. The maximum atomic E-state index is 13.9. The lowest BCUT2D eigenvalue weighted by Gasteiger charge is -2.35. The van der Waals surface area contributed by atoms with Gasteiger partial charge < -0.3 is 19.4 Å². The molecule has 192 valence electrons. The number of anilines is 2. The number of fused-ring (bicyclic) bond motifs is 1. The molecule has 0 aliphatic carbocycles. The zero-order chi connectivity index (χ0) is 25.2. The molecule has 1 aromatic carbocycles. The first-order valence-corrected chi connectivity index (χ1v) is 13.5. The van der Waals surface area contributed by atoms with Crippen molar-refractivity contribution in [3.8, 4) is 0 Å². The van der Waals surface area contributed by atoms with Gasteiger partial charge in [0.15, 0.2) is 5.65 Å². The van der Waals surface area contributed by atoms with Crippen molar-refractivity contribution < 1.29 is 8.98 Å². The molecule has 2 saturated heterocycles. The van der Waals surface area contributed by atoms with E-state index in [-0.39, 0.29) is 11.9 Å². The Bertz CT molecular complexity index is 1250. The van der Waals surface area contributed by atoms with Crippen molar-refractivity contribution >= 4 is 46.9 Å². The summed E-state index contributed by atoms with van der Waals surface area (Å²) in [6.45, 7) is 4.86. The topological polar surface area (TPSA) is 78.2 Å². The second kappa shape index (κ2) is 10.8. The van der Waals surface area contributed by atoms with Gasteiger partial charge in [-0.3, -0.25) is 4.79 Å². The average molecular weight is 530 g/mol. The second-order valence-electron chi connectivity index (χ2n) is 9.36. The number of carbonyl (C=O) groups is 1. The summed E-state index contributed by atoms with van der Waals surface area (Å²) in [6, 6.07) is 7.22. The van der Waals surface area contributed by atoms with E-state index >= 15 is 0 Å². The van der Waals surface area contributed by atoms with Crippen LogP contribution in [-0.2, 0) is 4.18 Å². The zero-order valence-electron chi connectivity index (χ0n) is 20.9. The number of aryl methyl sites for hydroxylation is 1. The van der Waals surface area contributed by atoms with Crippen molar-refractivity contribution in [1.82, 2.24) is 23.9 Å². The summed E-state index contributed by atoms with van der Waals surface area (Å²) in [7, 11) is 3.40. The van der Waals surface area contributed by atoms with E-state index in [0.29, 0.717) is 22.8 Å². The number of halogens is 1. The molecule has 36 heavy (non-hydrogen) atoms. The Morgan fingerprint density at radius 3 is 2.75 bits per heavy atom. The SMILES string of the molecule is COSN(C)Nc1cc(Cl)ccc1C(=O)N1CCCC[C@H]1c1cc2nc(N3CCCC3)c(C)cn2n1. The lowest BCUT2D eigenvalue weighted by molar-refractivity contribution is 0.0606. The Labute approximate surface area is 221 Å². The number of likely N-dealkylation sites (tertiary alicyclic amines) is 1. The molecule has 0 unspecified atom stereocenters. The smallest absolute Gasteiger partial charge is 0.256 e. The van der Waals surface area contributed by atoms with E-state index < -0.39 is 0 Å². The van der Waals surface area contributed by atoms with Crippen LogP contribution in [0.25, 0.3) is 5.65 Å². The molecular formula is C25H32ClN7O2S. The van der Waals surface area contributed by atoms with Crippen molar-refractivity contribution in [2.45, 2.75) is 45.1 Å². The molecular weight excluding hydrogens is 498 g/mol. The number of aromatic nitrogens is 3. The Hall–Kier alpha value is -2.53. The standard InChI is InChI=1S/C25H32ClN7O2S/c1-17-16-33-23(27-24(17)31-11-6-7-12-31)15-21(29-33)22-8-4-5-13-32(22)25(34)19-10-9-18(26)14-20(19)28-30(2)36-35-3/h9-10,14-16,22,28H,4-8,11-13H2,1-3H3/t22-/m0/s1. The first-order chi connectivity index (χ1) is 17.4. The summed E-state index contributed by atoms with van der Waals surface area (Å²) < 4.78 is 8.65. The molecule has 5 rings (SSSR count). The third-order valence-electron chi connectivity index (χ3n) is 6.81. The van der Waals surface area contributed by atoms with Crippen molar-refractivity contribution in [1.29, 1.82) is 0 Å². The van der Waals surface area contributed by atoms with Gasteiger partial charge in [-0.25, -0.2) is 9.50 Å². The van der Waals surface area contributed by atoms with Crippen molar-refractivity contribution in [2.24, 2.45) is 0 Å². The molecule has 3 aromatic rings. The number of hydrogen-bond donors (Lipinski definition) is 1. The Morgan fingerprint density at radius 1 is 1.19 bits per heavy atom. The van der Waals surface area contributed by atoms with Crippen LogP contribution in [0.2, 0.25) is 5.02 Å². The van der Waals surface area contributed by atoms with E-state index in [2.05, 4.69) is 23.4 Å². The number of hydrogen-bond acceptors (Lipinski definition) is 8. The van der Waals surface area contributed by atoms with Gasteiger partial charge in [0.1, 0.15) is 18.0 Å². The van der Waals surface area contributed by atoms with Gasteiger partial charge >= 0.3 is 0 Å². The largest absolute Gasteiger partial charge is 0.356 e. The highest BCUT2D eigenvalue weighted by Crippen LogP contribution is 2.34. The highest BCUT2D eigenvalue weighted by molar-refractivity contribution is 7.92. The fourth-order valence-electron chi connectivity index (χ4n) is 5.16. The van der Waals surface area contributed by atoms with Crippen LogP contribution < -0.4 is 10.3 Å². The molecule has 2 aromatic heterocycles. The summed E-state index contributed by atoms with van der Waals surface area (Å²) in [5.41, 5.74) is 7.20. The van der Waals surface area contributed by atoms with Crippen molar-refractivity contribution in [3.05, 3.63) is 52.3 Å². The van der Waals surface area contributed by atoms with Crippen LogP contribution in [-0.4, -0.2) is 63.6 Å². The number of nitrogens with zero attached hydrogens (tertiary/aromatic N) is 6. The fourth-order valence-corrected chi connectivity index (χ4v) is 5.69. The van der Waals surface area contributed by atoms with Gasteiger partial charge in [0.25, 0.3) is 5.91 Å². The number of amides is 1. The van der Waals surface area contributed by atoms with Crippen LogP contribution in [0.15, 0.2) is 30.5 Å². The summed E-state index contributed by atoms with van der Waals surface area (Å²) in [5, 5.41) is 5.43. The normalized spacial score (nSPS) is 18.4. The van der Waals surface area contributed by atoms with Crippen LogP contribution >= 0.6 is 23.8 Å². The molecule has 9 nitrogen and oxygen atoms in total. The van der Waals surface area contributed by atoms with Crippen LogP contribution in [0, 0.1) is 6.92 Å². The summed E-state index contributed by atoms with van der Waals surface area (Å²) in [5.74, 6) is 0.992. The third-order valence-corrected chi connectivity index (χ3v) is 7.51. The van der Waals surface area contributed by atoms with Crippen molar-refractivity contribution in [2.75, 3.05) is 44.1 Å². The first kappa shape index (κ1) is 25.1. The maximum absolute atomic E-state index is 13.9. The molecule has 4 heterocycles. The average Bonchev–Trinajstić information content (AvgIpc) is 3.53. The van der Waals surface area contributed by atoms with Gasteiger partial charge in [0.2, 0.25) is 0 Å². The van der Waals surface area contributed by atoms with Gasteiger partial charge in [0, 0.05) is 49.5 Å². The van der Waals surface area contributed by atoms with Gasteiger partial charge in [-0.2, -0.15) is 5.10 Å². The monoisotopic (exact) mass is 529 g/mol. The number of hydrazine groups is 1. The molecule has 1 amide bonds. The van der Waals surface area contributed by atoms with E-state index in [1.54, 1.807) is 29.7 Å². The molecule has 0 saturated carbocycles. The summed E-state index contributed by atoms with van der Waals surface area (Å²) in [4.78, 5) is 23.1. The van der Waals surface area contributed by atoms with Gasteiger partial charge in [0.05, 0.1) is 30.1 Å². The lowest BCUT2D eigenvalue weighted by atomic mass is 9.98. The maximum Gasteiger partial charge on any atom is 0.256 e. The molecule has 0 spiro atoms. The van der Waals surface area contributed by atoms with Gasteiger partial charge in [-0.15, -0.1) is 4.41 Å². The molecule has 2 aliphatic heterocycles. The fraction of sp³-hybridized carbons (Fsp3) is 0.480. The highest BCUT2D eigenvalue weighted by atomic mass is 35.5. The minimum absolute atomic E-state index is 0.0476. The Kier molecular flexibility index (Phi) is 7.57. The number of nitrogens with one attached hydrogen (secondary N) is 1. The summed E-state index contributed by atoms with van der Waals surface area (Å²) >= 11 is 7.40. The Balaban J connectivity index is 1.45. The molecule has 2 fully saturated rings. The van der Waals surface area contributed by atoms with E-state index in [9.17, 15) is 4.79 Å². The van der Waals surface area contributed by atoms with Crippen molar-refractivity contribution in [3.63, 3.8) is 0 Å². The molecule has 1 atom stereocenters. The molecule has 1 N–H and O–H groups in total. The van der Waals surface area contributed by atoms with Crippen LogP contribution in [0.4, 0.5) is 11.5 Å². The first-order valence-electron chi connectivity index (χ1n) is 12.4. The van der Waals surface area contributed by atoms with Gasteiger partial charge in [-0.1, -0.05) is 11.6 Å². The zero-order valence-corrected chi connectivity index (χ0v) is 22.5. The van der Waals surface area contributed by atoms with Crippen LogP contribution in [0.3, 0.4) is 0 Å². The molecule has 0 radical (unpaired) electrons. The quantitative estimate of drug-likeness (QED) is 0.256. The summed E-state index contributed by atoms with van der Waals surface area (Å²) in [6.07, 6.45) is 7.34. The van der Waals surface area contributed by atoms with E-state index in [1.165, 1.54) is 12.8 Å². The Morgan fingerprint density at radius 2 is 1.97 bits per heavy atom. The second-order valence-corrected chi connectivity index (χ2v) is 10.8. The molecule has 11 heteroatoms. The van der Waals surface area contributed by atoms with E-state index in [1.807, 2.05) is 22.5 Å². The minimum atomic E-state index is -0.113. The predicted octanol–water partition coefficient (Wildman–Crippen LogP) is 5.13. The predicted molar refractivity (Wildman–Crippen MR) is 144 cm³/mol. The van der Waals surface area contributed by atoms with Crippen LogP contribution in [0.1, 0.15) is 59.8 Å². The molecule has 0 bridgehead atoms. The lowest BCUT2D eigenvalue weighted by Crippen LogP contribution is -2.39. The number of carbonyl (C=O) groups excluding carboxylic acids is 1. The van der Waals surface area contributed by atoms with Crippen LogP contribution in [0.5, 0.6) is 0 Å². The minimum Gasteiger partial charge on any atom is -0.356 e. The molecule has 2 aliphatic rings. The third kappa shape index (κ3) is 5.13. The van der Waals surface area contributed by atoms with E-state index in [4.69, 9.17) is 25.9 Å².